The van der Waals surface area contributed by atoms with Gasteiger partial charge in [0.05, 0.1) is 17.3 Å². The first-order valence-corrected chi connectivity index (χ1v) is 21.4. The Bertz CT molecular complexity index is 2130. The predicted molar refractivity (Wildman–Crippen MR) is 215 cm³/mol. The smallest absolute Gasteiger partial charge is 0.254 e. The number of aromatic nitrogens is 5. The van der Waals surface area contributed by atoms with Crippen LogP contribution in [-0.2, 0) is 11.3 Å². The molecule has 2 aliphatic heterocycles. The van der Waals surface area contributed by atoms with Crippen LogP contribution in [0.25, 0.3) is 22.0 Å². The molecule has 6 aliphatic rings. The first-order chi connectivity index (χ1) is 26.5. The molecule has 4 aliphatic carbocycles. The van der Waals surface area contributed by atoms with Crippen molar-refractivity contribution in [3.8, 4) is 11.1 Å². The van der Waals surface area contributed by atoms with Gasteiger partial charge in [-0.2, -0.15) is 5.10 Å². The van der Waals surface area contributed by atoms with Crippen molar-refractivity contribution in [1.82, 2.24) is 39.8 Å². The minimum Gasteiger partial charge on any atom is -0.348 e. The van der Waals surface area contributed by atoms with E-state index in [9.17, 15) is 14.4 Å². The van der Waals surface area contributed by atoms with Crippen molar-refractivity contribution in [2.24, 2.45) is 23.2 Å². The van der Waals surface area contributed by atoms with Crippen molar-refractivity contribution in [1.29, 1.82) is 0 Å². The van der Waals surface area contributed by atoms with E-state index in [1.54, 1.807) is 6.20 Å². The number of thioether (sulfide) groups is 1. The van der Waals surface area contributed by atoms with E-state index in [2.05, 4.69) is 43.9 Å². The molecule has 290 valence electrons. The lowest BCUT2D eigenvalue weighted by Crippen LogP contribution is -2.64. The fourth-order valence-corrected chi connectivity index (χ4v) is 11.7. The zero-order chi connectivity index (χ0) is 38.0. The summed E-state index contributed by atoms with van der Waals surface area (Å²) in [6.07, 6.45) is 16.3. The Morgan fingerprint density at radius 1 is 0.945 bits per heavy atom. The highest BCUT2D eigenvalue weighted by atomic mass is 32.2. The molecule has 0 atom stereocenters. The minimum absolute atomic E-state index is 0.0890. The van der Waals surface area contributed by atoms with Crippen molar-refractivity contribution in [2.75, 3.05) is 50.4 Å². The summed E-state index contributed by atoms with van der Waals surface area (Å²) < 4.78 is 1.92. The van der Waals surface area contributed by atoms with E-state index >= 15 is 0 Å². The maximum absolute atomic E-state index is 13.8. The molecule has 1 aromatic carbocycles. The second-order valence-electron chi connectivity index (χ2n) is 17.5. The highest BCUT2D eigenvalue weighted by Crippen LogP contribution is 2.61. The number of rotatable bonds is 10. The van der Waals surface area contributed by atoms with Crippen LogP contribution in [0.1, 0.15) is 86.5 Å². The lowest BCUT2D eigenvalue weighted by Gasteiger charge is -2.57. The zero-order valence-electron chi connectivity index (χ0n) is 32.5. The van der Waals surface area contributed by atoms with Crippen LogP contribution in [0.5, 0.6) is 0 Å². The number of nitrogens with zero attached hydrogens (tertiary/aromatic N) is 7. The molecule has 4 saturated carbocycles. The molecule has 2 amide bonds. The first-order valence-electron chi connectivity index (χ1n) is 20.2. The predicted octanol–water partition coefficient (Wildman–Crippen LogP) is 5.66. The van der Waals surface area contributed by atoms with Crippen molar-refractivity contribution < 1.29 is 9.59 Å². The highest BCUT2D eigenvalue weighted by molar-refractivity contribution is 7.98. The largest absolute Gasteiger partial charge is 0.348 e. The zero-order valence-corrected chi connectivity index (χ0v) is 33.3. The molecule has 3 aromatic heterocycles. The van der Waals surface area contributed by atoms with Gasteiger partial charge < -0.3 is 20.1 Å². The number of aryl methyl sites for hydroxylation is 1. The lowest BCUT2D eigenvalue weighted by atomic mass is 9.49. The normalized spacial score (nSPS) is 25.2. The van der Waals surface area contributed by atoms with Gasteiger partial charge in [-0.3, -0.25) is 24.0 Å². The standard InChI is InChI=1S/C42H53N9O3S/c1-25(2)51-36-14-30(13-33(34(36)22-46-51)39(53)43-21-35-37(55-4)9-26(3)47-40(35)54)31-19-44-41(45-20-31)49-7-5-48(6-8-49)32-23-50(24-32)38(52)18-42-15-27-10-28(16-42)12-29(11-27)17-42/h9,13-14,19-20,22,25,27-29,32H,5-8,10-12,15-18,21,23-24H2,1-4H3,(H,43,53)(H,47,54). The number of likely N-dealkylation sites (tertiary alicyclic amines) is 1. The fourth-order valence-electron chi connectivity index (χ4n) is 11.0. The number of carbonyl (C=O) groups is 2. The van der Waals surface area contributed by atoms with Crippen molar-refractivity contribution in [2.45, 2.75) is 89.2 Å². The monoisotopic (exact) mass is 763 g/mol. The Morgan fingerprint density at radius 3 is 2.25 bits per heavy atom. The number of hydrogen-bond acceptors (Lipinski definition) is 9. The Balaban J connectivity index is 0.834. The number of fused-ring (bicyclic) bond motifs is 1. The molecule has 55 heavy (non-hydrogen) atoms. The summed E-state index contributed by atoms with van der Waals surface area (Å²) in [5.41, 5.74) is 4.39. The number of amides is 2. The first kappa shape index (κ1) is 36.4. The molecule has 13 heteroatoms. The van der Waals surface area contributed by atoms with Gasteiger partial charge in [-0.05, 0) is 112 Å². The summed E-state index contributed by atoms with van der Waals surface area (Å²) in [6, 6.07) is 6.37. The van der Waals surface area contributed by atoms with Crippen LogP contribution in [0.4, 0.5) is 5.95 Å². The molecule has 4 bridgehead atoms. The molecule has 2 N–H and O–H groups in total. The highest BCUT2D eigenvalue weighted by Gasteiger charge is 2.52. The molecule has 0 radical (unpaired) electrons. The topological polar surface area (TPSA) is 132 Å². The van der Waals surface area contributed by atoms with Gasteiger partial charge in [0, 0.05) is 104 Å². The maximum atomic E-state index is 13.8. The molecule has 0 spiro atoms. The second-order valence-corrected chi connectivity index (χ2v) is 18.3. The van der Waals surface area contributed by atoms with E-state index in [0.29, 0.717) is 34.4 Å². The number of anilines is 1. The summed E-state index contributed by atoms with van der Waals surface area (Å²) in [4.78, 5) is 60.2. The Morgan fingerprint density at radius 2 is 1.62 bits per heavy atom. The number of H-pyrrole nitrogens is 1. The van der Waals surface area contributed by atoms with Crippen LogP contribution in [0.3, 0.4) is 0 Å². The van der Waals surface area contributed by atoms with Crippen molar-refractivity contribution >= 4 is 40.4 Å². The Kier molecular flexibility index (Phi) is 9.51. The molecular weight excluding hydrogens is 711 g/mol. The van der Waals surface area contributed by atoms with Crippen LogP contribution in [0, 0.1) is 30.1 Å². The van der Waals surface area contributed by atoms with E-state index in [1.807, 2.05) is 48.5 Å². The summed E-state index contributed by atoms with van der Waals surface area (Å²) in [5.74, 6) is 3.47. The summed E-state index contributed by atoms with van der Waals surface area (Å²) in [6.45, 7) is 11.3. The summed E-state index contributed by atoms with van der Waals surface area (Å²) in [7, 11) is 0. The summed E-state index contributed by atoms with van der Waals surface area (Å²) >= 11 is 1.49. The van der Waals surface area contributed by atoms with E-state index in [-0.39, 0.29) is 24.1 Å². The molecule has 6 fully saturated rings. The molecule has 4 aromatic rings. The number of benzene rings is 1. The SMILES string of the molecule is CSc1cc(C)[nH]c(=O)c1CNC(=O)c1cc(-c2cnc(N3CCN(C4CN(C(=O)CC56CC7CC(CC(C7)C5)C6)C4)CC3)nc2)cc2c1cnn2C(C)C. The number of nitrogens with one attached hydrogen (secondary N) is 2. The number of aromatic amines is 1. The van der Waals surface area contributed by atoms with Gasteiger partial charge in [0.2, 0.25) is 11.9 Å². The molecule has 5 heterocycles. The average molecular weight is 764 g/mol. The van der Waals surface area contributed by atoms with Gasteiger partial charge in [-0.1, -0.05) is 0 Å². The van der Waals surface area contributed by atoms with Gasteiger partial charge >= 0.3 is 0 Å². The number of piperazine rings is 1. The number of pyridine rings is 1. The van der Waals surface area contributed by atoms with Gasteiger partial charge in [0.15, 0.2) is 0 Å². The Hall–Kier alpha value is -4.23. The van der Waals surface area contributed by atoms with Gasteiger partial charge in [-0.25, -0.2) is 9.97 Å². The Labute approximate surface area is 326 Å². The van der Waals surface area contributed by atoms with Crippen LogP contribution in [0.15, 0.2) is 46.5 Å². The van der Waals surface area contributed by atoms with Gasteiger partial charge in [-0.15, -0.1) is 11.8 Å². The molecule has 12 nitrogen and oxygen atoms in total. The molecule has 2 saturated heterocycles. The number of hydrogen-bond donors (Lipinski definition) is 2. The van der Waals surface area contributed by atoms with Gasteiger partial charge in [0.1, 0.15) is 0 Å². The third kappa shape index (κ3) is 6.96. The van der Waals surface area contributed by atoms with Crippen LogP contribution < -0.4 is 15.8 Å². The third-order valence-corrected chi connectivity index (χ3v) is 14.1. The minimum atomic E-state index is -0.279. The van der Waals surface area contributed by atoms with Crippen molar-refractivity contribution in [3.63, 3.8) is 0 Å². The lowest BCUT2D eigenvalue weighted by molar-refractivity contribution is -0.146. The van der Waals surface area contributed by atoms with Crippen LogP contribution in [0.2, 0.25) is 0 Å². The fraction of sp³-hybridized carbons (Fsp3) is 0.571. The maximum Gasteiger partial charge on any atom is 0.254 e. The quantitative estimate of drug-likeness (QED) is 0.197. The second kappa shape index (κ2) is 14.4. The third-order valence-electron chi connectivity index (χ3n) is 13.3. The average Bonchev–Trinajstić information content (AvgIpc) is 3.57. The van der Waals surface area contributed by atoms with Crippen molar-refractivity contribution in [3.05, 3.63) is 64.0 Å². The van der Waals surface area contributed by atoms with E-state index in [4.69, 9.17) is 9.97 Å². The summed E-state index contributed by atoms with van der Waals surface area (Å²) in [5, 5.41) is 8.35. The van der Waals surface area contributed by atoms with E-state index in [0.717, 1.165) is 96.1 Å². The van der Waals surface area contributed by atoms with Crippen LogP contribution in [-0.4, -0.2) is 97.9 Å². The van der Waals surface area contributed by atoms with Gasteiger partial charge in [0.25, 0.3) is 11.5 Å². The molecular formula is C42H53N9O3S. The molecule has 0 unspecified atom stereocenters. The van der Waals surface area contributed by atoms with Crippen LogP contribution >= 0.6 is 11.8 Å². The van der Waals surface area contributed by atoms with E-state index in [1.165, 1.54) is 50.3 Å². The number of carbonyl (C=O) groups excluding carboxylic acids is 2. The molecule has 10 rings (SSSR count). The van der Waals surface area contributed by atoms with E-state index < -0.39 is 0 Å².